The Morgan fingerprint density at radius 1 is 1.37 bits per heavy atom. The summed E-state index contributed by atoms with van der Waals surface area (Å²) in [7, 11) is 1.70. The van der Waals surface area contributed by atoms with Gasteiger partial charge in [-0.25, -0.2) is 0 Å². The maximum absolute atomic E-state index is 6.26. The highest BCUT2D eigenvalue weighted by atomic mass is 16.5. The third kappa shape index (κ3) is 3.10. The molecule has 0 amide bonds. The molecular weight excluding hydrogens is 236 g/mol. The van der Waals surface area contributed by atoms with E-state index in [2.05, 4.69) is 30.9 Å². The predicted octanol–water partition coefficient (Wildman–Crippen LogP) is 2.96. The van der Waals surface area contributed by atoms with E-state index in [1.165, 1.54) is 24.8 Å². The van der Waals surface area contributed by atoms with Crippen LogP contribution in [0.2, 0.25) is 0 Å². The third-order valence-corrected chi connectivity index (χ3v) is 4.21. The highest BCUT2D eigenvalue weighted by Gasteiger charge is 2.32. The Morgan fingerprint density at radius 3 is 2.58 bits per heavy atom. The normalized spacial score (nSPS) is 23.3. The first-order valence-electron chi connectivity index (χ1n) is 7.32. The smallest absolute Gasteiger partial charge is 0.118 e. The van der Waals surface area contributed by atoms with Crippen molar-refractivity contribution in [3.8, 4) is 5.75 Å². The summed E-state index contributed by atoms with van der Waals surface area (Å²) < 4.78 is 5.23. The van der Waals surface area contributed by atoms with Gasteiger partial charge in [0.2, 0.25) is 0 Å². The van der Waals surface area contributed by atoms with Crippen molar-refractivity contribution in [2.24, 2.45) is 5.73 Å². The van der Waals surface area contributed by atoms with E-state index in [1.54, 1.807) is 7.11 Å². The maximum Gasteiger partial charge on any atom is 0.118 e. The van der Waals surface area contributed by atoms with Crippen LogP contribution < -0.4 is 10.5 Å². The summed E-state index contributed by atoms with van der Waals surface area (Å²) >= 11 is 0. The minimum absolute atomic E-state index is 0.139. The van der Waals surface area contributed by atoms with Crippen molar-refractivity contribution in [3.05, 3.63) is 29.8 Å². The van der Waals surface area contributed by atoms with Crippen LogP contribution in [0.1, 0.15) is 44.7 Å². The summed E-state index contributed by atoms with van der Waals surface area (Å²) in [6.07, 6.45) is 3.80. The van der Waals surface area contributed by atoms with Crippen LogP contribution in [0.3, 0.4) is 0 Å². The van der Waals surface area contributed by atoms with Crippen LogP contribution >= 0.6 is 0 Å². The van der Waals surface area contributed by atoms with E-state index in [0.29, 0.717) is 12.1 Å². The van der Waals surface area contributed by atoms with Gasteiger partial charge in [-0.15, -0.1) is 0 Å². The Labute approximate surface area is 116 Å². The van der Waals surface area contributed by atoms with Crippen molar-refractivity contribution in [1.82, 2.24) is 4.90 Å². The van der Waals surface area contributed by atoms with Crippen LogP contribution in [0.25, 0.3) is 0 Å². The second-order valence-electron chi connectivity index (χ2n) is 5.52. The van der Waals surface area contributed by atoms with Gasteiger partial charge >= 0.3 is 0 Å². The lowest BCUT2D eigenvalue weighted by atomic mass is 9.97. The molecular formula is C16H26N2O. The monoisotopic (exact) mass is 262 g/mol. The first-order valence-corrected chi connectivity index (χ1v) is 7.32. The van der Waals surface area contributed by atoms with Gasteiger partial charge in [-0.05, 0) is 50.4 Å². The molecule has 2 rings (SSSR count). The van der Waals surface area contributed by atoms with Crippen LogP contribution in [0.15, 0.2) is 24.3 Å². The average Bonchev–Trinajstić information content (AvgIpc) is 2.87. The number of nitrogens with zero attached hydrogens (tertiary/aromatic N) is 1. The Morgan fingerprint density at radius 2 is 2.05 bits per heavy atom. The van der Waals surface area contributed by atoms with Gasteiger partial charge < -0.3 is 10.5 Å². The number of nitrogens with two attached hydrogens (primary N) is 1. The largest absolute Gasteiger partial charge is 0.497 e. The molecule has 1 saturated heterocycles. The molecule has 19 heavy (non-hydrogen) atoms. The molecule has 3 heteroatoms. The lowest BCUT2D eigenvalue weighted by molar-refractivity contribution is 0.157. The highest BCUT2D eigenvalue weighted by Crippen LogP contribution is 2.33. The number of rotatable bonds is 5. The SMILES string of the molecule is CCC1CCCN1C(c1ccc(OC)cc1)C(C)N. The van der Waals surface area contributed by atoms with E-state index in [4.69, 9.17) is 10.5 Å². The maximum atomic E-state index is 6.26. The fourth-order valence-electron chi connectivity index (χ4n) is 3.26. The van der Waals surface area contributed by atoms with E-state index in [0.717, 1.165) is 12.3 Å². The average molecular weight is 262 g/mol. The molecule has 0 spiro atoms. The molecule has 106 valence electrons. The van der Waals surface area contributed by atoms with Gasteiger partial charge in [0.1, 0.15) is 5.75 Å². The number of benzene rings is 1. The van der Waals surface area contributed by atoms with Crippen molar-refractivity contribution in [2.45, 2.75) is 51.2 Å². The van der Waals surface area contributed by atoms with Crippen LogP contribution in [-0.4, -0.2) is 30.6 Å². The topological polar surface area (TPSA) is 38.5 Å². The number of hydrogen-bond acceptors (Lipinski definition) is 3. The molecule has 3 atom stereocenters. The molecule has 1 aromatic rings. The Bertz CT molecular complexity index is 388. The van der Waals surface area contributed by atoms with E-state index in [-0.39, 0.29) is 6.04 Å². The van der Waals surface area contributed by atoms with E-state index >= 15 is 0 Å². The first-order chi connectivity index (χ1) is 9.17. The van der Waals surface area contributed by atoms with Crippen LogP contribution in [-0.2, 0) is 0 Å². The molecule has 0 aromatic heterocycles. The highest BCUT2D eigenvalue weighted by molar-refractivity contribution is 5.30. The summed E-state index contributed by atoms with van der Waals surface area (Å²) in [5.41, 5.74) is 7.57. The standard InChI is InChI=1S/C16H26N2O/c1-4-14-6-5-11-18(14)16(12(2)17)13-7-9-15(19-3)10-8-13/h7-10,12,14,16H,4-6,11,17H2,1-3H3. The van der Waals surface area contributed by atoms with Gasteiger partial charge in [0.25, 0.3) is 0 Å². The van der Waals surface area contributed by atoms with Crippen molar-refractivity contribution in [1.29, 1.82) is 0 Å². The first kappa shape index (κ1) is 14.4. The van der Waals surface area contributed by atoms with E-state index < -0.39 is 0 Å². The predicted molar refractivity (Wildman–Crippen MR) is 79.4 cm³/mol. The lowest BCUT2D eigenvalue weighted by Gasteiger charge is -2.35. The van der Waals surface area contributed by atoms with E-state index in [9.17, 15) is 0 Å². The minimum atomic E-state index is 0.139. The van der Waals surface area contributed by atoms with E-state index in [1.807, 2.05) is 12.1 Å². The quantitative estimate of drug-likeness (QED) is 0.886. The fraction of sp³-hybridized carbons (Fsp3) is 0.625. The molecule has 3 nitrogen and oxygen atoms in total. The van der Waals surface area contributed by atoms with Crippen LogP contribution in [0.4, 0.5) is 0 Å². The molecule has 0 aliphatic carbocycles. The molecule has 1 heterocycles. The number of methoxy groups -OCH3 is 1. The second kappa shape index (κ2) is 6.40. The van der Waals surface area contributed by atoms with Crippen molar-refractivity contribution < 1.29 is 4.74 Å². The van der Waals surface area contributed by atoms with Gasteiger partial charge in [0.05, 0.1) is 7.11 Å². The van der Waals surface area contributed by atoms with Crippen LogP contribution in [0, 0.1) is 0 Å². The molecule has 1 aromatic carbocycles. The number of ether oxygens (including phenoxy) is 1. The second-order valence-corrected chi connectivity index (χ2v) is 5.52. The van der Waals surface area contributed by atoms with Crippen molar-refractivity contribution >= 4 is 0 Å². The fourth-order valence-corrected chi connectivity index (χ4v) is 3.26. The summed E-state index contributed by atoms with van der Waals surface area (Å²) in [6.45, 7) is 5.55. The molecule has 0 saturated carbocycles. The molecule has 0 radical (unpaired) electrons. The third-order valence-electron chi connectivity index (χ3n) is 4.21. The van der Waals surface area contributed by atoms with Crippen molar-refractivity contribution in [3.63, 3.8) is 0 Å². The molecule has 2 N–H and O–H groups in total. The summed E-state index contributed by atoms with van der Waals surface area (Å²) in [5, 5.41) is 0. The zero-order valence-corrected chi connectivity index (χ0v) is 12.3. The zero-order valence-electron chi connectivity index (χ0n) is 12.3. The van der Waals surface area contributed by atoms with Crippen LogP contribution in [0.5, 0.6) is 5.75 Å². The molecule has 1 fully saturated rings. The summed E-state index contributed by atoms with van der Waals surface area (Å²) in [4.78, 5) is 2.59. The Balaban J connectivity index is 2.23. The van der Waals surface area contributed by atoms with Gasteiger partial charge in [-0.3, -0.25) is 4.90 Å². The Kier molecular flexibility index (Phi) is 4.83. The molecule has 1 aliphatic rings. The van der Waals surface area contributed by atoms with Gasteiger partial charge in [0, 0.05) is 18.1 Å². The zero-order chi connectivity index (χ0) is 13.8. The molecule has 0 bridgehead atoms. The number of likely N-dealkylation sites (tertiary alicyclic amines) is 1. The molecule has 3 unspecified atom stereocenters. The van der Waals surface area contributed by atoms with Gasteiger partial charge in [-0.2, -0.15) is 0 Å². The number of hydrogen-bond donors (Lipinski definition) is 1. The lowest BCUT2D eigenvalue weighted by Crippen LogP contribution is -2.41. The van der Waals surface area contributed by atoms with Gasteiger partial charge in [0.15, 0.2) is 0 Å². The summed E-state index contributed by atoms with van der Waals surface area (Å²) in [5.74, 6) is 0.903. The van der Waals surface area contributed by atoms with Gasteiger partial charge in [-0.1, -0.05) is 19.1 Å². The molecule has 1 aliphatic heterocycles. The minimum Gasteiger partial charge on any atom is -0.497 e. The van der Waals surface area contributed by atoms with Crippen molar-refractivity contribution in [2.75, 3.05) is 13.7 Å². The Hall–Kier alpha value is -1.06. The summed E-state index contributed by atoms with van der Waals surface area (Å²) in [6, 6.07) is 9.50.